The Morgan fingerprint density at radius 2 is 0.869 bits per heavy atom. The van der Waals surface area contributed by atoms with Crippen molar-refractivity contribution in [2.75, 3.05) is 80.7 Å². The third-order valence-electron chi connectivity index (χ3n) is 22.6. The highest BCUT2D eigenvalue weighted by molar-refractivity contribution is 8.08. The van der Waals surface area contributed by atoms with Crippen molar-refractivity contribution in [3.05, 3.63) is 87.6 Å². The van der Waals surface area contributed by atoms with Gasteiger partial charge in [-0.2, -0.15) is 28.4 Å². The van der Waals surface area contributed by atoms with Crippen LogP contribution in [-0.4, -0.2) is 296 Å². The molecule has 58 nitrogen and oxygen atoms in total. The second-order valence-electron chi connectivity index (χ2n) is 31.1. The molecule has 27 atom stereocenters. The molecule has 12 aromatic rings. The molecule has 0 saturated carbocycles. The molecule has 22 heterocycles. The summed E-state index contributed by atoms with van der Waals surface area (Å²) in [7, 11) is 0. The van der Waals surface area contributed by atoms with Crippen molar-refractivity contribution >= 4 is 213 Å². The quantitative estimate of drug-likeness (QED) is 0.0745. The van der Waals surface area contributed by atoms with Crippen molar-refractivity contribution in [1.29, 1.82) is 0 Å². The van der Waals surface area contributed by atoms with Gasteiger partial charge in [-0.05, 0) is 76.9 Å². The Morgan fingerprint density at radius 3 is 1.43 bits per heavy atom. The first-order valence-electron chi connectivity index (χ1n) is 39.3. The third kappa shape index (κ3) is 18.0. The third-order valence-corrected chi connectivity index (χ3v) is 31.9. The summed E-state index contributed by atoms with van der Waals surface area (Å²) < 4.78 is 210. The number of fused-ring (bicyclic) bond motifs is 14. The average molecular weight is 2160 g/mol. The van der Waals surface area contributed by atoms with Gasteiger partial charge in [-0.15, -0.1) is 5.10 Å². The van der Waals surface area contributed by atoms with Crippen LogP contribution in [0.25, 0.3) is 66.9 Å². The summed E-state index contributed by atoms with van der Waals surface area (Å²) in [6.45, 7) is -30.9. The summed E-state index contributed by atoms with van der Waals surface area (Å²) in [5.41, 5.74) is 30.7. The van der Waals surface area contributed by atoms with E-state index in [2.05, 4.69) is 90.1 Å². The molecular formula is C61H66F6N30O28P6S6. The molecule has 6 unspecified atom stereocenters. The molecule has 8 bridgehead atoms. The summed E-state index contributed by atoms with van der Waals surface area (Å²) >= 11 is 31.0. The zero-order chi connectivity index (χ0) is 96.8. The van der Waals surface area contributed by atoms with Crippen LogP contribution in [0.1, 0.15) is 43.8 Å². The van der Waals surface area contributed by atoms with E-state index in [1.165, 1.54) is 34.4 Å². The zero-order valence-electron chi connectivity index (χ0n) is 67.8. The number of imidazole rings is 4. The number of hydrogen-bond acceptors (Lipinski definition) is 49. The monoisotopic (exact) mass is 2160 g/mol. The molecule has 0 spiro atoms. The maximum atomic E-state index is 16.0. The molecule has 736 valence electrons. The molecule has 0 amide bonds. The van der Waals surface area contributed by atoms with Gasteiger partial charge in [0.1, 0.15) is 96.6 Å². The lowest BCUT2D eigenvalue weighted by Gasteiger charge is -2.33. The second-order valence-corrected chi connectivity index (χ2v) is 47.9. The van der Waals surface area contributed by atoms with E-state index >= 15 is 26.3 Å². The minimum atomic E-state index is -4.62. The first-order chi connectivity index (χ1) is 64.7. The van der Waals surface area contributed by atoms with Crippen molar-refractivity contribution < 1.29 is 143 Å². The van der Waals surface area contributed by atoms with Gasteiger partial charge in [0.2, 0.25) is 24.1 Å². The fourth-order valence-electron chi connectivity index (χ4n) is 16.5. The lowest BCUT2D eigenvalue weighted by Crippen LogP contribution is -2.46. The summed E-state index contributed by atoms with van der Waals surface area (Å²) in [6.07, 6.45) is -21.9. The fraction of sp³-hybridized carbons (Fsp3) is 0.508. The Hall–Kier alpha value is -8.02. The lowest BCUT2D eigenvalue weighted by molar-refractivity contribution is -0.183. The Morgan fingerprint density at radius 1 is 0.416 bits per heavy atom. The van der Waals surface area contributed by atoms with E-state index in [1.54, 1.807) is 16.8 Å². The average Bonchev–Trinajstić information content (AvgIpc) is 1.55. The van der Waals surface area contributed by atoms with Gasteiger partial charge in [-0.3, -0.25) is 70.2 Å². The predicted molar refractivity (Wildman–Crippen MR) is 467 cm³/mol. The van der Waals surface area contributed by atoms with Gasteiger partial charge in [0.25, 0.3) is 16.7 Å². The van der Waals surface area contributed by atoms with Crippen LogP contribution in [0.5, 0.6) is 0 Å². The Balaban J connectivity index is 0.000000127. The van der Waals surface area contributed by atoms with Gasteiger partial charge in [-0.1, -0.05) is 5.21 Å². The molecule has 0 radical (unpaired) electrons. The van der Waals surface area contributed by atoms with Crippen LogP contribution < -0.4 is 51.1 Å². The molecule has 137 heavy (non-hydrogen) atoms. The van der Waals surface area contributed by atoms with Crippen molar-refractivity contribution in [2.45, 2.75) is 147 Å². The number of ether oxygens (including phenoxy) is 7. The predicted octanol–water partition coefficient (Wildman–Crippen LogP) is -0.386. The summed E-state index contributed by atoms with van der Waals surface area (Å²) in [6, 6.07) is 1.73. The number of halogens is 6. The van der Waals surface area contributed by atoms with Crippen molar-refractivity contribution in [1.82, 2.24) is 118 Å². The SMILES string of the molecule is Nc1nc2c(ncn2[C@@H]2O[C@@H]3COP(O)(=S)O[C@@H]4[C@@H](COP(O)(=S)O[C@@H]2[C@@H]3F)O[C@@H](n2nnc3c(N)ncnc32)C4(F)F)c(=O)[nH]1.Nc1nc2c(ncn2[C@@H]2O[C@@H]3COP(O)(=S)O[C@H]4C[C@H](n5ccc6c(N)ncnc65)O[C@@H]4COP(O)(=S)O[C@@H]2[C@@H]3F)c(=O)[nH]1.Nc1nc2c(ncn2[C@@H]2O[C@@H]3COP(O)(=S)O[C@H]4[C@H]5OC[C@]4(COP(O)(=S)O[C@@H]2C3(F)F)O[C@H]5n2cnc3c(N)ncnc32)c(=O)[nH]1. The minimum absolute atomic E-state index is 0.0414. The zero-order valence-corrected chi connectivity index (χ0v) is 78.1. The fourth-order valence-corrected chi connectivity index (χ4v) is 25.0. The van der Waals surface area contributed by atoms with Crippen LogP contribution in [-0.2, 0) is 158 Å². The highest BCUT2D eigenvalue weighted by Gasteiger charge is 2.69. The lowest BCUT2D eigenvalue weighted by atomic mass is 10.0. The number of nitrogen functional groups attached to an aromatic ring is 6. The van der Waals surface area contributed by atoms with E-state index in [4.69, 9.17) is 193 Å². The number of aromatic amines is 3. The molecule has 76 heteroatoms. The molecule has 10 fully saturated rings. The highest BCUT2D eigenvalue weighted by atomic mass is 32.5. The summed E-state index contributed by atoms with van der Waals surface area (Å²) in [4.78, 5) is 162. The van der Waals surface area contributed by atoms with Crippen LogP contribution in [0.2, 0.25) is 0 Å². The topological polar surface area (TPSA) is 774 Å². The smallest absolute Gasteiger partial charge is 0.325 e. The van der Waals surface area contributed by atoms with Gasteiger partial charge >= 0.3 is 52.2 Å². The van der Waals surface area contributed by atoms with E-state index in [-0.39, 0.29) is 111 Å². The van der Waals surface area contributed by atoms with Crippen LogP contribution in [0.4, 0.5) is 61.6 Å². The van der Waals surface area contributed by atoms with E-state index in [1.807, 2.05) is 0 Å². The summed E-state index contributed by atoms with van der Waals surface area (Å²) in [5, 5.41) is 7.99. The Bertz CT molecular complexity index is 7340. The van der Waals surface area contributed by atoms with Gasteiger partial charge in [0.05, 0.1) is 83.0 Å². The molecule has 22 rings (SSSR count). The molecular weight excluding hydrogens is 2090 g/mol. The maximum Gasteiger partial charge on any atom is 0.325 e. The number of rotatable bonds is 6. The van der Waals surface area contributed by atoms with Gasteiger partial charge in [-0.25, -0.2) is 67.4 Å². The van der Waals surface area contributed by atoms with Crippen molar-refractivity contribution in [3.63, 3.8) is 0 Å². The molecule has 10 aliphatic rings. The number of H-pyrrole nitrogens is 3. The number of alkyl halides is 6. The normalized spacial score (nSPS) is 37.3. The molecule has 12 aromatic heterocycles. The summed E-state index contributed by atoms with van der Waals surface area (Å²) in [5.74, 6) is -8.60. The first-order valence-corrected chi connectivity index (χ1v) is 54.8. The van der Waals surface area contributed by atoms with E-state index < -0.39 is 230 Å². The number of nitrogens with one attached hydrogen (secondary N) is 3. The minimum Gasteiger partial charge on any atom is -0.383 e. The maximum absolute atomic E-state index is 16.0. The van der Waals surface area contributed by atoms with Gasteiger partial charge in [0, 0.05) is 12.6 Å². The highest BCUT2D eigenvalue weighted by Crippen LogP contribution is 2.63. The number of aromatic nitrogens is 24. The van der Waals surface area contributed by atoms with Crippen molar-refractivity contribution in [2.24, 2.45) is 0 Å². The van der Waals surface area contributed by atoms with Crippen LogP contribution in [0.3, 0.4) is 0 Å². The van der Waals surface area contributed by atoms with Crippen LogP contribution >= 0.6 is 40.3 Å². The standard InChI is InChI=1S/C21H22F2N10O10P2S2.C21H24FN9O9P2S2.C19H20F3N11O9P2S2/c22-21(23)7-1-38-44(35,46)42-11-10-17(32-5-28-8-13(24)26-4-27-14(8)32)41-20(11,2-37-10)3-39-45(36,47)43-12(21)18(40-7)33-6-29-9-15(33)30-19(25)31-16(9)34;22-13-11-5-36-41(33,43)39-9-3-12(30-2-1-8-16(23)25-6-26-17(8)30)37-10(9)4-35-42(34,44)40-15(13)20(38-11)31-7-27-14-18(31)28-21(24)29-19(14)32;20-7-5-1-37-44(36,46)42-11-6(40-17(19(11,21)22)33-13-8(30-31-33)12(23)25-3-26-13)2-38-43(35,45)41-10(7)16(39-5)32-4-27-9-14(32)28-18(24)29-15(9)34/h4-7,10-12,17-18H,1-3H2,(H,35,46)(H,36,47)(H2,24,26,27)(H3,25,30,31,34);1-2,6-7,9-13,15,20H,3-5H2,(H,33,43)(H,34,44)(H2,23,25,26)(H3,24,28,29,32);3-7,10-11,16-17H,1-2H2,(H,35,45)(H,36,46)(H2,23,25,26)(H3,24,28,29,34)/t7-,10-,11+,12+,17-,18-,20-,44?,45?;9-,10+,11+,12+,13+,15+,20+,41?,42?;5-,6-,7-,10-,11-,16-,17-,43?,44?/m101/s1. The molecule has 0 aliphatic carbocycles. The molecule has 10 aliphatic heterocycles. The Labute approximate surface area is 784 Å². The van der Waals surface area contributed by atoms with E-state index in [0.717, 1.165) is 28.1 Å². The Kier molecular flexibility index (Phi) is 25.0. The number of hydrogen-bond donors (Lipinski definition) is 15. The van der Waals surface area contributed by atoms with Gasteiger partial charge in [0.15, 0.2) is 118 Å². The first kappa shape index (κ1) is 96.5. The number of anilines is 6. The number of nitrogens with zero attached hydrogens (tertiary/aromatic N) is 21. The van der Waals surface area contributed by atoms with E-state index in [9.17, 15) is 43.7 Å². The van der Waals surface area contributed by atoms with Crippen molar-refractivity contribution in [3.8, 4) is 0 Å². The molecule has 0 aromatic carbocycles. The van der Waals surface area contributed by atoms with E-state index in [0.29, 0.717) is 15.7 Å². The largest absolute Gasteiger partial charge is 0.383 e. The van der Waals surface area contributed by atoms with Crippen LogP contribution in [0.15, 0.2) is 70.9 Å². The van der Waals surface area contributed by atoms with Crippen LogP contribution in [0, 0.1) is 0 Å². The van der Waals surface area contributed by atoms with Gasteiger partial charge < -0.3 is 133 Å². The molecule has 10 saturated heterocycles. The molecule has 21 N–H and O–H groups in total. The second kappa shape index (κ2) is 35.5. The number of nitrogens with two attached hydrogens (primary N) is 6.